The molecule has 0 amide bonds. The number of aliphatic hydroxyl groups is 2. The number of allylic oxidation sites excluding steroid dienone is 13. The summed E-state index contributed by atoms with van der Waals surface area (Å²) in [6.07, 6.45) is 41.1. The second kappa shape index (κ2) is 39.7. The predicted octanol–water partition coefficient (Wildman–Crippen LogP) is 9.44. The SMILES string of the molecule is CC/C=C\C/C=C\C/C=C\C/C=C\C/C=C\C/C=C\CCC(=O)OC[C@H](COP(=O)(O)OC[C@H](N)C(=O)O)OC(=O)CCCCCCC[C@H](O)[C@@H](O)C/C=C\CCCCC. The van der Waals surface area contributed by atoms with Crippen LogP contribution in [0.2, 0.25) is 0 Å². The molecule has 0 rings (SSSR count). The lowest BCUT2D eigenvalue weighted by Gasteiger charge is -2.20. The number of carbonyl (C=O) groups excluding carboxylic acids is 2. The minimum Gasteiger partial charge on any atom is -0.480 e. The van der Waals surface area contributed by atoms with Gasteiger partial charge in [0.15, 0.2) is 6.10 Å². The molecule has 0 aliphatic heterocycles. The molecule has 0 aliphatic rings. The van der Waals surface area contributed by atoms with E-state index < -0.39 is 69.9 Å². The number of phosphoric ester groups is 1. The van der Waals surface area contributed by atoms with Gasteiger partial charge < -0.3 is 35.4 Å². The van der Waals surface area contributed by atoms with Crippen molar-refractivity contribution >= 4 is 25.7 Å². The molecule has 0 aromatic rings. The second-order valence-electron chi connectivity index (χ2n) is 14.4. The smallest absolute Gasteiger partial charge is 0.472 e. The first-order valence-electron chi connectivity index (χ1n) is 21.8. The molecule has 0 fully saturated rings. The fraction of sp³-hybridized carbons (Fsp3) is 0.630. The number of hydrogen-bond acceptors (Lipinski definition) is 11. The van der Waals surface area contributed by atoms with Crippen LogP contribution in [0.25, 0.3) is 0 Å². The Morgan fingerprint density at radius 1 is 0.600 bits per heavy atom. The first kappa shape index (κ1) is 56.6. The van der Waals surface area contributed by atoms with Gasteiger partial charge in [0.05, 0.1) is 25.4 Å². The van der Waals surface area contributed by atoms with Crippen LogP contribution in [0.3, 0.4) is 0 Å². The van der Waals surface area contributed by atoms with Crippen molar-refractivity contribution in [1.82, 2.24) is 0 Å². The quantitative estimate of drug-likeness (QED) is 0.0169. The molecule has 342 valence electrons. The fourth-order valence-corrected chi connectivity index (χ4v) is 6.07. The fourth-order valence-electron chi connectivity index (χ4n) is 5.29. The Labute approximate surface area is 359 Å². The van der Waals surface area contributed by atoms with Crippen molar-refractivity contribution in [3.05, 3.63) is 85.1 Å². The normalized spacial score (nSPS) is 15.6. The largest absolute Gasteiger partial charge is 0.480 e. The van der Waals surface area contributed by atoms with Crippen LogP contribution in [0.1, 0.15) is 142 Å². The third-order valence-corrected chi connectivity index (χ3v) is 9.79. The Hall–Kier alpha value is -3.42. The first-order valence-corrected chi connectivity index (χ1v) is 23.3. The average molecular weight is 866 g/mol. The Balaban J connectivity index is 4.62. The summed E-state index contributed by atoms with van der Waals surface area (Å²) in [5.74, 6) is -2.63. The summed E-state index contributed by atoms with van der Waals surface area (Å²) < 4.78 is 32.5. The van der Waals surface area contributed by atoms with Crippen LogP contribution in [-0.4, -0.2) is 82.3 Å². The van der Waals surface area contributed by atoms with Gasteiger partial charge >= 0.3 is 25.7 Å². The van der Waals surface area contributed by atoms with Gasteiger partial charge in [-0.1, -0.05) is 137 Å². The van der Waals surface area contributed by atoms with Crippen molar-refractivity contribution in [3.8, 4) is 0 Å². The molecule has 1 unspecified atom stereocenters. The minimum absolute atomic E-state index is 0.0415. The van der Waals surface area contributed by atoms with Gasteiger partial charge in [-0.2, -0.15) is 0 Å². The summed E-state index contributed by atoms with van der Waals surface area (Å²) in [6, 6.07) is -1.56. The van der Waals surface area contributed by atoms with Gasteiger partial charge in [-0.15, -0.1) is 0 Å². The van der Waals surface area contributed by atoms with Gasteiger partial charge in [0.1, 0.15) is 12.6 Å². The van der Waals surface area contributed by atoms with Gasteiger partial charge in [0.2, 0.25) is 0 Å². The molecule has 5 atom stereocenters. The van der Waals surface area contributed by atoms with E-state index in [1.165, 1.54) is 6.42 Å². The van der Waals surface area contributed by atoms with Crippen molar-refractivity contribution in [2.45, 2.75) is 167 Å². The van der Waals surface area contributed by atoms with E-state index in [1.54, 1.807) is 0 Å². The maximum atomic E-state index is 12.6. The van der Waals surface area contributed by atoms with Crippen LogP contribution in [0.5, 0.6) is 0 Å². The molecule has 0 saturated carbocycles. The van der Waals surface area contributed by atoms with Gasteiger partial charge in [0, 0.05) is 12.8 Å². The molecule has 0 radical (unpaired) electrons. The van der Waals surface area contributed by atoms with Gasteiger partial charge in [-0.05, 0) is 77.0 Å². The van der Waals surface area contributed by atoms with Crippen molar-refractivity contribution in [1.29, 1.82) is 0 Å². The maximum absolute atomic E-state index is 12.6. The molecule has 13 nitrogen and oxygen atoms in total. The van der Waals surface area contributed by atoms with E-state index in [1.807, 2.05) is 24.3 Å². The van der Waals surface area contributed by atoms with Gasteiger partial charge in [-0.25, -0.2) is 4.57 Å². The third-order valence-electron chi connectivity index (χ3n) is 8.84. The van der Waals surface area contributed by atoms with Crippen molar-refractivity contribution in [2.24, 2.45) is 5.73 Å². The number of unbranched alkanes of at least 4 members (excludes halogenated alkanes) is 7. The van der Waals surface area contributed by atoms with Crippen LogP contribution in [-0.2, 0) is 37.5 Å². The van der Waals surface area contributed by atoms with E-state index in [2.05, 4.69) is 79.1 Å². The van der Waals surface area contributed by atoms with Crippen LogP contribution in [0.15, 0.2) is 85.1 Å². The number of phosphoric acid groups is 1. The summed E-state index contributed by atoms with van der Waals surface area (Å²) in [5.41, 5.74) is 5.32. The van der Waals surface area contributed by atoms with E-state index in [-0.39, 0.29) is 12.8 Å². The van der Waals surface area contributed by atoms with E-state index in [4.69, 9.17) is 24.8 Å². The summed E-state index contributed by atoms with van der Waals surface area (Å²) in [4.78, 5) is 45.9. The van der Waals surface area contributed by atoms with E-state index in [0.29, 0.717) is 38.5 Å². The molecule has 0 aliphatic carbocycles. The summed E-state index contributed by atoms with van der Waals surface area (Å²) in [6.45, 7) is 2.38. The molecule has 0 bridgehead atoms. The molecule has 0 saturated heterocycles. The Morgan fingerprint density at radius 2 is 1.13 bits per heavy atom. The number of nitrogens with two attached hydrogens (primary N) is 1. The lowest BCUT2D eigenvalue weighted by molar-refractivity contribution is -0.161. The van der Waals surface area contributed by atoms with Crippen LogP contribution < -0.4 is 5.73 Å². The van der Waals surface area contributed by atoms with Crippen molar-refractivity contribution in [2.75, 3.05) is 19.8 Å². The molecule has 0 aromatic carbocycles. The zero-order chi connectivity index (χ0) is 44.5. The number of aliphatic carboxylic acids is 1. The molecule has 0 spiro atoms. The third kappa shape index (κ3) is 37.6. The monoisotopic (exact) mass is 866 g/mol. The van der Waals surface area contributed by atoms with Crippen molar-refractivity contribution in [3.63, 3.8) is 0 Å². The van der Waals surface area contributed by atoms with E-state index in [9.17, 15) is 34.1 Å². The number of carboxylic acid groups (broad SMARTS) is 1. The van der Waals surface area contributed by atoms with E-state index in [0.717, 1.165) is 70.6 Å². The number of carbonyl (C=O) groups is 3. The maximum Gasteiger partial charge on any atom is 0.472 e. The number of aliphatic hydroxyl groups excluding tert-OH is 2. The number of hydrogen-bond donors (Lipinski definition) is 5. The highest BCUT2D eigenvalue weighted by Crippen LogP contribution is 2.43. The highest BCUT2D eigenvalue weighted by Gasteiger charge is 2.28. The Kier molecular flexibility index (Phi) is 37.4. The molecular weight excluding hydrogens is 789 g/mol. The zero-order valence-corrected chi connectivity index (χ0v) is 37.1. The average Bonchev–Trinajstić information content (AvgIpc) is 3.22. The number of rotatable bonds is 39. The summed E-state index contributed by atoms with van der Waals surface area (Å²) in [7, 11) is -4.78. The van der Waals surface area contributed by atoms with Crippen LogP contribution in [0.4, 0.5) is 0 Å². The number of carboxylic acids is 1. The van der Waals surface area contributed by atoms with Gasteiger partial charge in [0.25, 0.3) is 0 Å². The first-order chi connectivity index (χ1) is 28.9. The highest BCUT2D eigenvalue weighted by atomic mass is 31.2. The molecule has 14 heteroatoms. The van der Waals surface area contributed by atoms with Gasteiger partial charge in [-0.3, -0.25) is 23.4 Å². The molecule has 0 aromatic heterocycles. The predicted molar refractivity (Wildman–Crippen MR) is 238 cm³/mol. The van der Waals surface area contributed by atoms with Crippen LogP contribution in [0, 0.1) is 0 Å². The second-order valence-corrected chi connectivity index (χ2v) is 15.9. The Morgan fingerprint density at radius 3 is 1.72 bits per heavy atom. The lowest BCUT2D eigenvalue weighted by atomic mass is 10.0. The topological polar surface area (TPSA) is 212 Å². The zero-order valence-electron chi connectivity index (χ0n) is 36.2. The molecule has 0 heterocycles. The summed E-state index contributed by atoms with van der Waals surface area (Å²) in [5, 5.41) is 29.3. The summed E-state index contributed by atoms with van der Waals surface area (Å²) >= 11 is 0. The molecular formula is C46H76NO12P. The van der Waals surface area contributed by atoms with Crippen molar-refractivity contribution < 1.29 is 57.7 Å². The number of esters is 2. The standard InChI is InChI=1S/C46H76NO12P/c1-3-5-7-9-11-12-13-14-15-16-17-18-19-20-21-22-23-27-31-35-44(50)56-37-40(38-57-60(54,55)58-39-41(47)46(52)53)59-45(51)36-32-28-24-26-30-34-43(49)42(48)33-29-25-10-8-6-4-2/h5,7,11-12,14-15,17-18,20-21,23,25,27,29,40-43,48-49H,3-4,6,8-10,13,16,19,22,24,26,28,30-39,47H2,1-2H3,(H,52,53)(H,54,55)/b7-5-,12-11-,15-14-,18-17-,21-20-,27-23-,29-25-/t40-,41+,42+,43+/m1/s1. The molecule has 60 heavy (non-hydrogen) atoms. The minimum atomic E-state index is -4.78. The van der Waals surface area contributed by atoms with Crippen LogP contribution >= 0.6 is 7.82 Å². The number of ether oxygens (including phenoxy) is 2. The lowest BCUT2D eigenvalue weighted by Crippen LogP contribution is -2.34. The highest BCUT2D eigenvalue weighted by molar-refractivity contribution is 7.47. The van der Waals surface area contributed by atoms with E-state index >= 15 is 0 Å². The Bertz CT molecular complexity index is 1370. The molecule has 6 N–H and O–H groups in total.